The number of alkyl halides is 4. The number of esters is 1. The predicted molar refractivity (Wildman–Crippen MR) is 144 cm³/mol. The average molecular weight is 617 g/mol. The third-order valence-corrected chi connectivity index (χ3v) is 8.17. The molecule has 2 fully saturated rings. The Kier molecular flexibility index (Phi) is 10.8. The van der Waals surface area contributed by atoms with Gasteiger partial charge in [0.15, 0.2) is 11.6 Å². The zero-order chi connectivity index (χ0) is 31.2. The van der Waals surface area contributed by atoms with Gasteiger partial charge in [0, 0.05) is 6.07 Å². The first kappa shape index (κ1) is 32.8. The van der Waals surface area contributed by atoms with Gasteiger partial charge in [0.05, 0.1) is 23.1 Å². The molecule has 0 amide bonds. The lowest BCUT2D eigenvalue weighted by Crippen LogP contribution is -2.37. The summed E-state index contributed by atoms with van der Waals surface area (Å²) in [5, 5.41) is 0. The van der Waals surface area contributed by atoms with Crippen molar-refractivity contribution in [2.45, 2.75) is 95.6 Å². The van der Waals surface area contributed by atoms with Crippen molar-refractivity contribution in [3.63, 3.8) is 0 Å². The highest BCUT2D eigenvalue weighted by molar-refractivity contribution is 5.89. The zero-order valence-corrected chi connectivity index (χ0v) is 23.8. The number of carbonyl (C=O) groups is 1. The van der Waals surface area contributed by atoms with Crippen LogP contribution in [0.4, 0.5) is 30.7 Å². The summed E-state index contributed by atoms with van der Waals surface area (Å²) >= 11 is 0. The second-order valence-corrected chi connectivity index (χ2v) is 11.2. The van der Waals surface area contributed by atoms with Gasteiger partial charge in [-0.2, -0.15) is 17.6 Å². The second-order valence-electron chi connectivity index (χ2n) is 11.2. The molecule has 0 aromatic heterocycles. The maximum absolute atomic E-state index is 14.9. The number of allylic oxidation sites excluding steroid dienone is 2. The molecule has 0 radical (unpaired) electrons. The molecule has 0 N–H and O–H groups in total. The third kappa shape index (κ3) is 8.74. The van der Waals surface area contributed by atoms with Gasteiger partial charge in [-0.3, -0.25) is 0 Å². The molecule has 2 aliphatic rings. The fourth-order valence-corrected chi connectivity index (χ4v) is 5.70. The van der Waals surface area contributed by atoms with E-state index in [1.807, 2.05) is 19.1 Å². The molecule has 0 saturated heterocycles. The van der Waals surface area contributed by atoms with E-state index in [-0.39, 0.29) is 44.1 Å². The summed E-state index contributed by atoms with van der Waals surface area (Å²) in [6.07, 6.45) is -1.26. The van der Waals surface area contributed by atoms with Crippen molar-refractivity contribution < 1.29 is 49.7 Å². The summed E-state index contributed by atoms with van der Waals surface area (Å²) in [6.45, 7) is 1.93. The van der Waals surface area contributed by atoms with Crippen LogP contribution in [0.3, 0.4) is 0 Å². The lowest BCUT2D eigenvalue weighted by molar-refractivity contribution is -0.280. The Balaban J connectivity index is 1.27. The van der Waals surface area contributed by atoms with Crippen LogP contribution < -0.4 is 4.74 Å². The Morgan fingerprint density at radius 3 is 2.14 bits per heavy atom. The zero-order valence-electron chi connectivity index (χ0n) is 23.8. The van der Waals surface area contributed by atoms with Crippen LogP contribution in [-0.2, 0) is 15.6 Å². The van der Waals surface area contributed by atoms with Crippen LogP contribution in [-0.4, -0.2) is 24.3 Å². The molecule has 11 heteroatoms. The van der Waals surface area contributed by atoms with Crippen LogP contribution in [0.25, 0.3) is 0 Å². The van der Waals surface area contributed by atoms with Crippen LogP contribution in [0, 0.1) is 29.3 Å². The molecule has 0 atom stereocenters. The molecule has 0 heterocycles. The predicted octanol–water partition coefficient (Wildman–Crippen LogP) is 9.47. The molecule has 0 spiro atoms. The topological polar surface area (TPSA) is 44.8 Å². The molecule has 2 saturated carbocycles. The number of rotatable bonds is 11. The Bertz CT molecular complexity index is 1270. The number of benzene rings is 2. The van der Waals surface area contributed by atoms with E-state index in [4.69, 9.17) is 14.2 Å². The molecule has 2 aromatic rings. The molecular formula is C32H35F7O4. The highest BCUT2D eigenvalue weighted by Crippen LogP contribution is 2.42. The summed E-state index contributed by atoms with van der Waals surface area (Å²) in [4.78, 5) is 12.2. The lowest BCUT2D eigenvalue weighted by atomic mass is 9.79. The minimum atomic E-state index is -4.06. The van der Waals surface area contributed by atoms with Crippen LogP contribution in [0.1, 0.15) is 87.1 Å². The van der Waals surface area contributed by atoms with E-state index in [2.05, 4.69) is 0 Å². The number of ether oxygens (including phenoxy) is 3. The highest BCUT2D eigenvalue weighted by atomic mass is 19.3. The first-order chi connectivity index (χ1) is 20.4. The van der Waals surface area contributed by atoms with E-state index in [1.54, 1.807) is 0 Å². The number of carbonyl (C=O) groups excluding carboxylic acids is 1. The first-order valence-electron chi connectivity index (χ1n) is 14.6. The molecule has 2 aliphatic carbocycles. The largest absolute Gasteiger partial charge is 0.459 e. The number of hydrogen-bond acceptors (Lipinski definition) is 4. The Morgan fingerprint density at radius 1 is 0.837 bits per heavy atom. The molecule has 0 unspecified atom stereocenters. The van der Waals surface area contributed by atoms with Gasteiger partial charge in [-0.1, -0.05) is 12.2 Å². The van der Waals surface area contributed by atoms with Crippen LogP contribution in [0.5, 0.6) is 5.75 Å². The van der Waals surface area contributed by atoms with E-state index < -0.39 is 65.1 Å². The van der Waals surface area contributed by atoms with Gasteiger partial charge in [-0.25, -0.2) is 18.0 Å². The molecule has 43 heavy (non-hydrogen) atoms. The van der Waals surface area contributed by atoms with Gasteiger partial charge >= 0.3 is 18.2 Å². The SMILES string of the molecule is C/C=C/CCC1CCC(C(F)(F)Oc2ccc(C(F)(F)OC3CCC(OC(=O)c4ccc(F)c(F)c4)CC3)c(F)c2)CC1. The highest BCUT2D eigenvalue weighted by Gasteiger charge is 2.45. The number of hydrogen-bond donors (Lipinski definition) is 0. The summed E-state index contributed by atoms with van der Waals surface area (Å²) in [7, 11) is 0. The number of halogens is 7. The van der Waals surface area contributed by atoms with Crippen molar-refractivity contribution in [2.75, 3.05) is 0 Å². The molecule has 4 nitrogen and oxygen atoms in total. The van der Waals surface area contributed by atoms with Crippen molar-refractivity contribution in [1.29, 1.82) is 0 Å². The molecular weight excluding hydrogens is 581 g/mol. The molecule has 4 rings (SSSR count). The van der Waals surface area contributed by atoms with E-state index in [1.165, 1.54) is 0 Å². The summed E-state index contributed by atoms with van der Waals surface area (Å²) < 4.78 is 116. The van der Waals surface area contributed by atoms with E-state index in [9.17, 15) is 35.5 Å². The fourth-order valence-electron chi connectivity index (χ4n) is 5.70. The maximum atomic E-state index is 14.9. The van der Waals surface area contributed by atoms with Crippen molar-refractivity contribution >= 4 is 5.97 Å². The molecule has 0 bridgehead atoms. The Labute approximate surface area is 246 Å². The van der Waals surface area contributed by atoms with Crippen molar-refractivity contribution in [2.24, 2.45) is 11.8 Å². The van der Waals surface area contributed by atoms with E-state index in [0.29, 0.717) is 37.0 Å². The summed E-state index contributed by atoms with van der Waals surface area (Å²) in [5.74, 6) is -5.89. The summed E-state index contributed by atoms with van der Waals surface area (Å²) in [6, 6.07) is 4.63. The van der Waals surface area contributed by atoms with Crippen molar-refractivity contribution in [3.05, 3.63) is 77.1 Å². The van der Waals surface area contributed by atoms with Gasteiger partial charge in [-0.05, 0) is 107 Å². The van der Waals surface area contributed by atoms with Crippen molar-refractivity contribution in [3.8, 4) is 5.75 Å². The van der Waals surface area contributed by atoms with Crippen LogP contribution in [0.2, 0.25) is 0 Å². The lowest BCUT2D eigenvalue weighted by Gasteiger charge is -2.33. The third-order valence-electron chi connectivity index (χ3n) is 8.17. The normalized spacial score (nSPS) is 23.3. The molecule has 236 valence electrons. The minimum Gasteiger partial charge on any atom is -0.459 e. The second kappa shape index (κ2) is 14.1. The van der Waals surface area contributed by atoms with Gasteiger partial charge < -0.3 is 14.2 Å². The minimum absolute atomic E-state index is 0.0535. The standard InChI is InChI=1S/C32H35F7O4/c1-2-3-4-5-20-6-9-22(10-7-20)31(36,37)43-25-15-16-26(28(34)19-25)32(38,39)42-24-13-11-23(12-14-24)41-30(40)21-8-17-27(33)29(35)18-21/h2-3,8,15-20,22-24H,4-7,9-14H2,1H3/b3-2+. The monoisotopic (exact) mass is 616 g/mol. The van der Waals surface area contributed by atoms with E-state index >= 15 is 0 Å². The molecule has 0 aliphatic heterocycles. The van der Waals surface area contributed by atoms with Crippen LogP contribution in [0.15, 0.2) is 48.6 Å². The Morgan fingerprint density at radius 2 is 1.51 bits per heavy atom. The van der Waals surface area contributed by atoms with Gasteiger partial charge in [-0.15, -0.1) is 0 Å². The molecule has 2 aromatic carbocycles. The maximum Gasteiger partial charge on any atom is 0.400 e. The van der Waals surface area contributed by atoms with Crippen molar-refractivity contribution in [1.82, 2.24) is 0 Å². The smallest absolute Gasteiger partial charge is 0.400 e. The Hall–Kier alpha value is -3.08. The summed E-state index contributed by atoms with van der Waals surface area (Å²) in [5.41, 5.74) is -1.30. The van der Waals surface area contributed by atoms with E-state index in [0.717, 1.165) is 31.0 Å². The fraction of sp³-hybridized carbons (Fsp3) is 0.531. The van der Waals surface area contributed by atoms with Crippen LogP contribution >= 0.6 is 0 Å². The average Bonchev–Trinajstić information content (AvgIpc) is 2.95. The van der Waals surface area contributed by atoms with Gasteiger partial charge in [0.25, 0.3) is 0 Å². The first-order valence-corrected chi connectivity index (χ1v) is 14.6. The van der Waals surface area contributed by atoms with Gasteiger partial charge in [0.2, 0.25) is 0 Å². The quantitative estimate of drug-likeness (QED) is 0.143. The van der Waals surface area contributed by atoms with Gasteiger partial charge in [0.1, 0.15) is 17.7 Å².